The number of likely N-dealkylation sites (N-methyl/N-ethyl adjacent to an activating group) is 1. The van der Waals surface area contributed by atoms with Crippen molar-refractivity contribution in [2.45, 2.75) is 418 Å². The Balaban J connectivity index is 3.91. The van der Waals surface area contributed by atoms with Gasteiger partial charge >= 0.3 is 11.9 Å². The molecular formula is C78H152NO8P. The molecule has 0 aromatic carbocycles. The van der Waals surface area contributed by atoms with Crippen LogP contribution in [0.5, 0.6) is 0 Å². The Morgan fingerprint density at radius 2 is 0.614 bits per heavy atom. The summed E-state index contributed by atoms with van der Waals surface area (Å²) < 4.78 is 34.4. The second-order valence-corrected chi connectivity index (χ2v) is 29.5. The molecule has 2 atom stereocenters. The van der Waals surface area contributed by atoms with Crippen LogP contribution >= 0.6 is 7.82 Å². The number of nitrogens with zero attached hydrogens (tertiary/aromatic N) is 1. The fraction of sp³-hybridized carbons (Fsp3) is 0.923. The molecule has 0 aliphatic carbocycles. The summed E-state index contributed by atoms with van der Waals surface area (Å²) in [5, 5.41) is 0. The minimum Gasteiger partial charge on any atom is -0.756 e. The van der Waals surface area contributed by atoms with Crippen LogP contribution in [-0.4, -0.2) is 70.0 Å². The zero-order valence-electron chi connectivity index (χ0n) is 59.7. The molecule has 9 nitrogen and oxygen atoms in total. The fourth-order valence-corrected chi connectivity index (χ4v) is 12.7. The first kappa shape index (κ1) is 86.5. The predicted octanol–water partition coefficient (Wildman–Crippen LogP) is 25.0. The van der Waals surface area contributed by atoms with Gasteiger partial charge in [0.15, 0.2) is 6.10 Å². The number of allylic oxidation sites excluding steroid dienone is 4. The fourth-order valence-electron chi connectivity index (χ4n) is 12.0. The van der Waals surface area contributed by atoms with E-state index in [0.717, 1.165) is 38.5 Å². The molecular weight excluding hydrogens is 1110 g/mol. The molecule has 0 spiro atoms. The Kier molecular flexibility index (Phi) is 68.6. The van der Waals surface area contributed by atoms with E-state index in [9.17, 15) is 19.0 Å². The highest BCUT2D eigenvalue weighted by atomic mass is 31.2. The van der Waals surface area contributed by atoms with Crippen molar-refractivity contribution in [3.63, 3.8) is 0 Å². The number of phosphoric acid groups is 1. The van der Waals surface area contributed by atoms with Gasteiger partial charge < -0.3 is 27.9 Å². The normalized spacial score (nSPS) is 13.1. The number of esters is 2. The van der Waals surface area contributed by atoms with Gasteiger partial charge in [-0.3, -0.25) is 14.2 Å². The van der Waals surface area contributed by atoms with Gasteiger partial charge in [-0.1, -0.05) is 378 Å². The molecule has 10 heteroatoms. The monoisotopic (exact) mass is 1260 g/mol. The van der Waals surface area contributed by atoms with Crippen molar-refractivity contribution in [2.75, 3.05) is 47.5 Å². The van der Waals surface area contributed by atoms with Gasteiger partial charge in [-0.2, -0.15) is 0 Å². The highest BCUT2D eigenvalue weighted by Crippen LogP contribution is 2.38. The third-order valence-electron chi connectivity index (χ3n) is 18.0. The number of ether oxygens (including phenoxy) is 2. The lowest BCUT2D eigenvalue weighted by atomic mass is 10.0. The van der Waals surface area contributed by atoms with Crippen molar-refractivity contribution in [1.82, 2.24) is 0 Å². The van der Waals surface area contributed by atoms with Gasteiger partial charge in [-0.05, 0) is 44.9 Å². The van der Waals surface area contributed by atoms with Crippen molar-refractivity contribution < 1.29 is 42.1 Å². The van der Waals surface area contributed by atoms with E-state index in [1.165, 1.54) is 340 Å². The zero-order chi connectivity index (χ0) is 64.1. The van der Waals surface area contributed by atoms with Crippen molar-refractivity contribution in [1.29, 1.82) is 0 Å². The Morgan fingerprint density at radius 1 is 0.352 bits per heavy atom. The number of carbonyl (C=O) groups excluding carboxylic acids is 2. The number of hydrogen-bond acceptors (Lipinski definition) is 8. The molecule has 0 aromatic heterocycles. The summed E-state index contributed by atoms with van der Waals surface area (Å²) in [6, 6.07) is 0. The smallest absolute Gasteiger partial charge is 0.306 e. The van der Waals surface area contributed by atoms with Gasteiger partial charge in [-0.25, -0.2) is 0 Å². The second kappa shape index (κ2) is 69.8. The number of rotatable bonds is 74. The molecule has 0 aliphatic rings. The van der Waals surface area contributed by atoms with Gasteiger partial charge in [0.1, 0.15) is 19.8 Å². The molecule has 0 fully saturated rings. The molecule has 0 aromatic rings. The standard InChI is InChI=1S/C78H152NO8P/c1-6-8-10-12-14-16-18-20-22-24-26-28-30-32-34-36-37-38-39-40-41-43-44-46-48-50-52-54-56-58-60-62-64-66-68-70-77(80)84-74-76(75-86-88(82,83)85-73-72-79(3,4)5)87-78(81)71-69-67-65-63-61-59-57-55-53-51-49-47-45-42-35-33-31-29-27-25-23-21-19-17-15-13-11-9-7-2/h19,21,25,27,76H,6-18,20,22-24,26,28-75H2,1-5H3/b21-19-,27-25-. The van der Waals surface area contributed by atoms with Crippen LogP contribution in [0.3, 0.4) is 0 Å². The average molecular weight is 1260 g/mol. The van der Waals surface area contributed by atoms with E-state index in [0.29, 0.717) is 17.4 Å². The quantitative estimate of drug-likeness (QED) is 0.0195. The van der Waals surface area contributed by atoms with Crippen molar-refractivity contribution >= 4 is 19.8 Å². The molecule has 0 radical (unpaired) electrons. The maximum absolute atomic E-state index is 12.9. The SMILES string of the molecule is CCCCCCC/C=C\C/C=C\CCCCCCCCCCCCCCCCCCCC(=O)OC(COC(=O)CCCCCCCCCCCCCCCCCCCCCCCCCCCCCCCCCCCCC)COP(=O)([O-])OCC[N+](C)(C)C. The number of quaternary nitrogens is 1. The van der Waals surface area contributed by atoms with Crippen LogP contribution in [-0.2, 0) is 32.7 Å². The summed E-state index contributed by atoms with van der Waals surface area (Å²) >= 11 is 0. The summed E-state index contributed by atoms with van der Waals surface area (Å²) in [6.45, 7) is 4.32. The minimum absolute atomic E-state index is 0.0269. The van der Waals surface area contributed by atoms with Crippen molar-refractivity contribution in [3.05, 3.63) is 24.3 Å². The lowest BCUT2D eigenvalue weighted by Crippen LogP contribution is -2.37. The average Bonchev–Trinajstić information content (AvgIpc) is 3.68. The third-order valence-corrected chi connectivity index (χ3v) is 18.9. The Labute approximate surface area is 549 Å². The highest BCUT2D eigenvalue weighted by Gasteiger charge is 2.22. The van der Waals surface area contributed by atoms with Gasteiger partial charge in [0.25, 0.3) is 7.82 Å². The van der Waals surface area contributed by atoms with E-state index in [4.69, 9.17) is 18.5 Å². The van der Waals surface area contributed by atoms with Crippen LogP contribution in [0.25, 0.3) is 0 Å². The highest BCUT2D eigenvalue weighted by molar-refractivity contribution is 7.45. The van der Waals surface area contributed by atoms with Crippen LogP contribution in [0.4, 0.5) is 0 Å². The molecule has 0 heterocycles. The van der Waals surface area contributed by atoms with Gasteiger partial charge in [0.05, 0.1) is 27.7 Å². The maximum atomic E-state index is 12.9. The molecule has 0 saturated heterocycles. The summed E-state index contributed by atoms with van der Waals surface area (Å²) in [7, 11) is 1.19. The maximum Gasteiger partial charge on any atom is 0.306 e. The summed E-state index contributed by atoms with van der Waals surface area (Å²) in [5.41, 5.74) is 0. The first-order chi connectivity index (χ1) is 43.0. The van der Waals surface area contributed by atoms with E-state index in [-0.39, 0.29) is 32.0 Å². The van der Waals surface area contributed by atoms with E-state index >= 15 is 0 Å². The topological polar surface area (TPSA) is 111 Å². The minimum atomic E-state index is -4.64. The number of phosphoric ester groups is 1. The van der Waals surface area contributed by atoms with Crippen LogP contribution < -0.4 is 4.89 Å². The second-order valence-electron chi connectivity index (χ2n) is 28.1. The van der Waals surface area contributed by atoms with E-state index in [1.54, 1.807) is 0 Å². The third kappa shape index (κ3) is 73.5. The lowest BCUT2D eigenvalue weighted by Gasteiger charge is -2.28. The number of hydrogen-bond donors (Lipinski definition) is 0. The molecule has 0 aliphatic heterocycles. The first-order valence-corrected chi connectivity index (χ1v) is 40.5. The van der Waals surface area contributed by atoms with Crippen LogP contribution in [0, 0.1) is 0 Å². The first-order valence-electron chi connectivity index (χ1n) is 39.0. The number of carbonyl (C=O) groups is 2. The predicted molar refractivity (Wildman–Crippen MR) is 379 cm³/mol. The van der Waals surface area contributed by atoms with Gasteiger partial charge in [-0.15, -0.1) is 0 Å². The summed E-state index contributed by atoms with van der Waals surface area (Å²) in [6.07, 6.45) is 88.7. The zero-order valence-corrected chi connectivity index (χ0v) is 60.6. The van der Waals surface area contributed by atoms with Gasteiger partial charge in [0.2, 0.25) is 0 Å². The largest absolute Gasteiger partial charge is 0.756 e. The summed E-state index contributed by atoms with van der Waals surface area (Å²) in [4.78, 5) is 38.1. The van der Waals surface area contributed by atoms with Crippen LogP contribution in [0.15, 0.2) is 24.3 Å². The van der Waals surface area contributed by atoms with Crippen molar-refractivity contribution in [3.8, 4) is 0 Å². The van der Waals surface area contributed by atoms with Crippen LogP contribution in [0.2, 0.25) is 0 Å². The van der Waals surface area contributed by atoms with Gasteiger partial charge in [0, 0.05) is 12.8 Å². The molecule has 0 rings (SSSR count). The molecule has 88 heavy (non-hydrogen) atoms. The number of unbranched alkanes of at least 4 members (excludes halogenated alkanes) is 56. The Morgan fingerprint density at radius 3 is 0.898 bits per heavy atom. The molecule has 2 unspecified atom stereocenters. The summed E-state index contributed by atoms with van der Waals surface area (Å²) in [5.74, 6) is -0.807. The van der Waals surface area contributed by atoms with E-state index in [2.05, 4.69) is 38.2 Å². The van der Waals surface area contributed by atoms with Crippen molar-refractivity contribution in [2.24, 2.45) is 0 Å². The molecule has 522 valence electrons. The molecule has 0 amide bonds. The Bertz CT molecular complexity index is 1530. The van der Waals surface area contributed by atoms with E-state index < -0.39 is 26.5 Å². The lowest BCUT2D eigenvalue weighted by molar-refractivity contribution is -0.870. The van der Waals surface area contributed by atoms with Crippen LogP contribution in [0.1, 0.15) is 412 Å². The Hall–Kier alpha value is -1.51. The molecule has 0 N–H and O–H groups in total. The molecule has 0 saturated carbocycles. The van der Waals surface area contributed by atoms with E-state index in [1.807, 2.05) is 21.1 Å². The molecule has 0 bridgehead atoms.